The molecule has 3 rings (SSSR count). The van der Waals surface area contributed by atoms with Crippen molar-refractivity contribution in [2.45, 2.75) is 19.8 Å². The molecule has 3 aromatic carbocycles. The van der Waals surface area contributed by atoms with Crippen molar-refractivity contribution in [2.75, 3.05) is 0 Å². The van der Waals surface area contributed by atoms with Gasteiger partial charge in [0, 0.05) is 5.56 Å². The summed E-state index contributed by atoms with van der Waals surface area (Å²) in [4.78, 5) is 0. The van der Waals surface area contributed by atoms with Crippen molar-refractivity contribution in [1.29, 1.82) is 5.26 Å². The highest BCUT2D eigenvalue weighted by Gasteiger charge is 2.12. The van der Waals surface area contributed by atoms with Crippen molar-refractivity contribution in [3.8, 4) is 28.3 Å². The number of nitrogens with zero attached hydrogens (tertiary/aromatic N) is 1. The van der Waals surface area contributed by atoms with Crippen LogP contribution in [0.5, 0.6) is 0 Å². The van der Waals surface area contributed by atoms with Gasteiger partial charge in [-0.2, -0.15) is 5.26 Å². The van der Waals surface area contributed by atoms with Crippen molar-refractivity contribution in [2.24, 2.45) is 0 Å². The minimum absolute atomic E-state index is 0.226. The van der Waals surface area contributed by atoms with Crippen LogP contribution in [0.3, 0.4) is 0 Å². The summed E-state index contributed by atoms with van der Waals surface area (Å²) >= 11 is 0. The summed E-state index contributed by atoms with van der Waals surface area (Å²) in [6.07, 6.45) is 2.05. The van der Waals surface area contributed by atoms with E-state index < -0.39 is 0 Å². The molecular weight excluding hydrogens is 297 g/mol. The zero-order chi connectivity index (χ0) is 16.9. The van der Waals surface area contributed by atoms with Gasteiger partial charge >= 0.3 is 0 Å². The molecular formula is C22H18FN. The first-order valence-corrected chi connectivity index (χ1v) is 8.11. The zero-order valence-corrected chi connectivity index (χ0v) is 13.6. The fraction of sp³-hybridized carbons (Fsp3) is 0.136. The number of aryl methyl sites for hydroxylation is 1. The predicted molar refractivity (Wildman–Crippen MR) is 96.0 cm³/mol. The van der Waals surface area contributed by atoms with Crippen LogP contribution in [0.2, 0.25) is 0 Å². The average molecular weight is 315 g/mol. The normalized spacial score (nSPS) is 10.4. The third-order valence-corrected chi connectivity index (χ3v) is 4.11. The largest absolute Gasteiger partial charge is 0.206 e. The molecule has 3 aromatic rings. The molecule has 0 fully saturated rings. The van der Waals surface area contributed by atoms with E-state index >= 15 is 0 Å². The second-order valence-corrected chi connectivity index (χ2v) is 5.80. The maximum atomic E-state index is 14.3. The van der Waals surface area contributed by atoms with E-state index in [0.29, 0.717) is 11.1 Å². The van der Waals surface area contributed by atoms with Crippen LogP contribution >= 0.6 is 0 Å². The number of benzene rings is 3. The van der Waals surface area contributed by atoms with Gasteiger partial charge in [0.2, 0.25) is 0 Å². The topological polar surface area (TPSA) is 23.8 Å². The maximum absolute atomic E-state index is 14.3. The van der Waals surface area contributed by atoms with E-state index in [0.717, 1.165) is 29.5 Å². The van der Waals surface area contributed by atoms with E-state index in [1.165, 1.54) is 11.6 Å². The summed E-state index contributed by atoms with van der Waals surface area (Å²) in [6.45, 7) is 2.15. The highest BCUT2D eigenvalue weighted by atomic mass is 19.1. The number of nitriles is 1. The van der Waals surface area contributed by atoms with Crippen molar-refractivity contribution >= 4 is 0 Å². The van der Waals surface area contributed by atoms with Crippen molar-refractivity contribution in [3.63, 3.8) is 0 Å². The number of halogens is 1. The first-order valence-electron chi connectivity index (χ1n) is 8.11. The molecule has 0 radical (unpaired) electrons. The molecule has 0 heterocycles. The molecule has 0 amide bonds. The zero-order valence-electron chi connectivity index (χ0n) is 13.6. The van der Waals surface area contributed by atoms with Crippen LogP contribution in [-0.2, 0) is 6.42 Å². The Morgan fingerprint density at radius 1 is 0.875 bits per heavy atom. The molecule has 0 unspecified atom stereocenters. The quantitative estimate of drug-likeness (QED) is 0.580. The lowest BCUT2D eigenvalue weighted by atomic mass is 9.91. The molecule has 0 aliphatic carbocycles. The lowest BCUT2D eigenvalue weighted by Crippen LogP contribution is -1.92. The molecule has 0 saturated heterocycles. The van der Waals surface area contributed by atoms with Gasteiger partial charge in [-0.3, -0.25) is 0 Å². The number of hydrogen-bond acceptors (Lipinski definition) is 1. The Kier molecular flexibility index (Phi) is 4.72. The van der Waals surface area contributed by atoms with Crippen LogP contribution in [0.1, 0.15) is 24.5 Å². The number of hydrogen-bond donors (Lipinski definition) is 0. The Hall–Kier alpha value is -2.92. The fourth-order valence-electron chi connectivity index (χ4n) is 2.91. The fourth-order valence-corrected chi connectivity index (χ4v) is 2.91. The summed E-state index contributed by atoms with van der Waals surface area (Å²) in [7, 11) is 0. The van der Waals surface area contributed by atoms with Crippen molar-refractivity contribution < 1.29 is 4.39 Å². The number of rotatable bonds is 4. The van der Waals surface area contributed by atoms with Crippen LogP contribution in [0.25, 0.3) is 22.3 Å². The monoisotopic (exact) mass is 315 g/mol. The molecule has 0 spiro atoms. The predicted octanol–water partition coefficient (Wildman–Crippen LogP) is 5.98. The summed E-state index contributed by atoms with van der Waals surface area (Å²) < 4.78 is 14.3. The van der Waals surface area contributed by atoms with Crippen LogP contribution in [-0.4, -0.2) is 0 Å². The van der Waals surface area contributed by atoms with E-state index in [1.54, 1.807) is 24.3 Å². The first-order chi connectivity index (χ1) is 11.7. The molecule has 0 aliphatic rings. The Balaban J connectivity index is 2.18. The summed E-state index contributed by atoms with van der Waals surface area (Å²) in [5.74, 6) is -0.226. The first kappa shape index (κ1) is 16.0. The maximum Gasteiger partial charge on any atom is 0.131 e. The van der Waals surface area contributed by atoms with Crippen LogP contribution in [0, 0.1) is 17.1 Å². The van der Waals surface area contributed by atoms with Gasteiger partial charge in [-0.05, 0) is 46.9 Å². The van der Waals surface area contributed by atoms with Gasteiger partial charge < -0.3 is 0 Å². The molecule has 0 aromatic heterocycles. The molecule has 118 valence electrons. The van der Waals surface area contributed by atoms with Gasteiger partial charge in [0.1, 0.15) is 5.82 Å². The summed E-state index contributed by atoms with van der Waals surface area (Å²) in [6, 6.07) is 22.6. The SMILES string of the molecule is CCCc1ccc(-c2ccccc2F)c(-c2ccc(C#N)cc2)c1. The highest BCUT2D eigenvalue weighted by molar-refractivity contribution is 5.84. The standard InChI is InChI=1S/C22H18FN/c1-2-5-16-10-13-19(20-6-3-4-7-22(20)23)21(14-16)18-11-8-17(15-24)9-12-18/h3-4,6-14H,2,5H2,1H3. The Bertz CT molecular complexity index is 889. The smallest absolute Gasteiger partial charge is 0.131 e. The van der Waals surface area contributed by atoms with Crippen molar-refractivity contribution in [3.05, 3.63) is 83.7 Å². The van der Waals surface area contributed by atoms with Gasteiger partial charge in [-0.1, -0.05) is 61.9 Å². The van der Waals surface area contributed by atoms with E-state index in [4.69, 9.17) is 5.26 Å². The minimum atomic E-state index is -0.226. The molecule has 0 N–H and O–H groups in total. The molecule has 0 aliphatic heterocycles. The minimum Gasteiger partial charge on any atom is -0.206 e. The molecule has 24 heavy (non-hydrogen) atoms. The third kappa shape index (κ3) is 3.21. The Morgan fingerprint density at radius 2 is 1.62 bits per heavy atom. The highest BCUT2D eigenvalue weighted by Crippen LogP contribution is 2.34. The molecule has 1 nitrogen and oxygen atoms in total. The van der Waals surface area contributed by atoms with E-state index in [2.05, 4.69) is 25.1 Å². The van der Waals surface area contributed by atoms with Gasteiger partial charge in [0.15, 0.2) is 0 Å². The van der Waals surface area contributed by atoms with Crippen molar-refractivity contribution in [1.82, 2.24) is 0 Å². The lowest BCUT2D eigenvalue weighted by molar-refractivity contribution is 0.631. The summed E-state index contributed by atoms with van der Waals surface area (Å²) in [5.41, 5.74) is 5.31. The Labute approximate surface area is 142 Å². The Morgan fingerprint density at radius 3 is 2.29 bits per heavy atom. The molecule has 0 atom stereocenters. The van der Waals surface area contributed by atoms with Gasteiger partial charge in [0.25, 0.3) is 0 Å². The van der Waals surface area contributed by atoms with Gasteiger partial charge in [-0.25, -0.2) is 4.39 Å². The van der Waals surface area contributed by atoms with Crippen LogP contribution in [0.15, 0.2) is 66.7 Å². The second kappa shape index (κ2) is 7.10. The van der Waals surface area contributed by atoms with E-state index in [-0.39, 0.29) is 5.82 Å². The molecule has 0 saturated carbocycles. The van der Waals surface area contributed by atoms with Crippen LogP contribution in [0.4, 0.5) is 4.39 Å². The lowest BCUT2D eigenvalue weighted by Gasteiger charge is -2.13. The summed E-state index contributed by atoms with van der Waals surface area (Å²) in [5, 5.41) is 8.98. The molecule has 2 heteroatoms. The second-order valence-electron chi connectivity index (χ2n) is 5.80. The third-order valence-electron chi connectivity index (χ3n) is 4.11. The van der Waals surface area contributed by atoms with Gasteiger partial charge in [0.05, 0.1) is 11.6 Å². The van der Waals surface area contributed by atoms with E-state index in [1.807, 2.05) is 24.3 Å². The average Bonchev–Trinajstić information content (AvgIpc) is 2.63. The van der Waals surface area contributed by atoms with E-state index in [9.17, 15) is 4.39 Å². The van der Waals surface area contributed by atoms with Crippen LogP contribution < -0.4 is 0 Å². The molecule has 0 bridgehead atoms. The van der Waals surface area contributed by atoms with Gasteiger partial charge in [-0.15, -0.1) is 0 Å².